The first-order valence-corrected chi connectivity index (χ1v) is 9.85. The van der Waals surface area contributed by atoms with Gasteiger partial charge in [-0.05, 0) is 47.0 Å². The number of nitrogens with zero attached hydrogens (tertiary/aromatic N) is 3. The molecule has 5 heteroatoms. The van der Waals surface area contributed by atoms with Crippen molar-refractivity contribution in [3.8, 4) is 0 Å². The Morgan fingerprint density at radius 1 is 1.20 bits per heavy atom. The molecule has 1 saturated heterocycles. The number of hydrogen-bond acceptors (Lipinski definition) is 4. The third-order valence-electron chi connectivity index (χ3n) is 4.81. The molecule has 0 unspecified atom stereocenters. The van der Waals surface area contributed by atoms with Crippen LogP contribution in [-0.4, -0.2) is 55.5 Å². The fourth-order valence-electron chi connectivity index (χ4n) is 3.24. The van der Waals surface area contributed by atoms with E-state index in [-0.39, 0.29) is 5.91 Å². The number of piperazine rings is 1. The molecule has 1 aromatic carbocycles. The highest BCUT2D eigenvalue weighted by Crippen LogP contribution is 2.18. The van der Waals surface area contributed by atoms with Crippen LogP contribution in [0.3, 0.4) is 0 Å². The summed E-state index contributed by atoms with van der Waals surface area (Å²) >= 11 is 1.68. The Hall–Kier alpha value is -1.85. The number of thiophene rings is 1. The Balaban J connectivity index is 1.41. The summed E-state index contributed by atoms with van der Waals surface area (Å²) in [5.74, 6) is 0.229. The molecule has 4 nitrogen and oxygen atoms in total. The van der Waals surface area contributed by atoms with E-state index in [1.54, 1.807) is 11.3 Å². The topological polar surface area (TPSA) is 26.8 Å². The van der Waals surface area contributed by atoms with E-state index in [2.05, 4.69) is 57.8 Å². The molecule has 3 rings (SSSR count). The monoisotopic (exact) mass is 357 g/mol. The second-order valence-electron chi connectivity index (χ2n) is 6.80. The Labute approximate surface area is 154 Å². The van der Waals surface area contributed by atoms with E-state index in [4.69, 9.17) is 0 Å². The first kappa shape index (κ1) is 18.0. The van der Waals surface area contributed by atoms with Crippen LogP contribution in [0.25, 0.3) is 0 Å². The standard InChI is InChI=1S/C20H27N3OS/c1-17-4-3-5-19(14-17)23-11-9-22(10-12-23)8-6-20(24)21(2)15-18-7-13-25-16-18/h3-5,7,13-14,16H,6,8-12,15H2,1-2H3. The van der Waals surface area contributed by atoms with Crippen molar-refractivity contribution in [2.24, 2.45) is 0 Å². The van der Waals surface area contributed by atoms with Gasteiger partial charge in [0.2, 0.25) is 5.91 Å². The lowest BCUT2D eigenvalue weighted by Crippen LogP contribution is -2.47. The molecule has 1 aliphatic heterocycles. The van der Waals surface area contributed by atoms with Gasteiger partial charge in [-0.1, -0.05) is 12.1 Å². The summed E-state index contributed by atoms with van der Waals surface area (Å²) in [7, 11) is 1.90. The molecule has 2 heterocycles. The van der Waals surface area contributed by atoms with Crippen molar-refractivity contribution in [1.29, 1.82) is 0 Å². The molecular weight excluding hydrogens is 330 g/mol. The molecular formula is C20H27N3OS. The van der Waals surface area contributed by atoms with E-state index in [1.165, 1.54) is 16.8 Å². The van der Waals surface area contributed by atoms with E-state index in [1.807, 2.05) is 11.9 Å². The van der Waals surface area contributed by atoms with Gasteiger partial charge in [-0.15, -0.1) is 0 Å². The predicted molar refractivity (Wildman–Crippen MR) is 105 cm³/mol. The number of hydrogen-bond donors (Lipinski definition) is 0. The summed E-state index contributed by atoms with van der Waals surface area (Å²) in [5, 5.41) is 4.16. The van der Waals surface area contributed by atoms with Crippen molar-refractivity contribution in [2.45, 2.75) is 19.9 Å². The minimum Gasteiger partial charge on any atom is -0.369 e. The van der Waals surface area contributed by atoms with Gasteiger partial charge in [-0.25, -0.2) is 0 Å². The Kier molecular flexibility index (Phi) is 6.10. The largest absolute Gasteiger partial charge is 0.369 e. The minimum absolute atomic E-state index is 0.229. The molecule has 0 spiro atoms. The van der Waals surface area contributed by atoms with Crippen molar-refractivity contribution in [3.63, 3.8) is 0 Å². The minimum atomic E-state index is 0.229. The van der Waals surface area contributed by atoms with Gasteiger partial charge in [0, 0.05) is 58.4 Å². The van der Waals surface area contributed by atoms with Crippen molar-refractivity contribution in [3.05, 3.63) is 52.2 Å². The maximum atomic E-state index is 12.3. The van der Waals surface area contributed by atoms with E-state index < -0.39 is 0 Å². The summed E-state index contributed by atoms with van der Waals surface area (Å²) in [6, 6.07) is 10.8. The third kappa shape index (κ3) is 5.06. The van der Waals surface area contributed by atoms with Crippen LogP contribution < -0.4 is 4.90 Å². The van der Waals surface area contributed by atoms with Gasteiger partial charge < -0.3 is 9.80 Å². The SMILES string of the molecule is Cc1cccc(N2CCN(CCC(=O)N(C)Cc3ccsc3)CC2)c1. The highest BCUT2D eigenvalue weighted by atomic mass is 32.1. The molecule has 134 valence electrons. The van der Waals surface area contributed by atoms with E-state index in [0.29, 0.717) is 13.0 Å². The molecule has 0 atom stereocenters. The average molecular weight is 358 g/mol. The number of carbonyl (C=O) groups excluding carboxylic acids is 1. The van der Waals surface area contributed by atoms with Gasteiger partial charge in [0.25, 0.3) is 0 Å². The zero-order valence-corrected chi connectivity index (χ0v) is 16.0. The molecule has 1 aliphatic rings. The lowest BCUT2D eigenvalue weighted by atomic mass is 10.2. The summed E-state index contributed by atoms with van der Waals surface area (Å²) in [6.45, 7) is 7.81. The molecule has 0 N–H and O–H groups in total. The smallest absolute Gasteiger partial charge is 0.223 e. The van der Waals surface area contributed by atoms with Gasteiger partial charge in [0.15, 0.2) is 0 Å². The first-order valence-electron chi connectivity index (χ1n) is 8.91. The molecule has 2 aromatic rings. The number of amides is 1. The van der Waals surface area contributed by atoms with Crippen LogP contribution in [0.15, 0.2) is 41.1 Å². The molecule has 0 aliphatic carbocycles. The lowest BCUT2D eigenvalue weighted by molar-refractivity contribution is -0.130. The molecule has 1 aromatic heterocycles. The molecule has 0 saturated carbocycles. The van der Waals surface area contributed by atoms with Gasteiger partial charge in [-0.3, -0.25) is 9.69 Å². The molecule has 1 fully saturated rings. The summed E-state index contributed by atoms with van der Waals surface area (Å²) < 4.78 is 0. The maximum absolute atomic E-state index is 12.3. The molecule has 0 bridgehead atoms. The number of benzene rings is 1. The predicted octanol–water partition coefficient (Wildman–Crippen LogP) is 3.23. The van der Waals surface area contributed by atoms with Gasteiger partial charge >= 0.3 is 0 Å². The van der Waals surface area contributed by atoms with Crippen LogP contribution in [0.5, 0.6) is 0 Å². The van der Waals surface area contributed by atoms with Gasteiger partial charge in [-0.2, -0.15) is 11.3 Å². The van der Waals surface area contributed by atoms with E-state index in [0.717, 1.165) is 32.7 Å². The Morgan fingerprint density at radius 2 is 2.00 bits per heavy atom. The zero-order chi connectivity index (χ0) is 17.6. The van der Waals surface area contributed by atoms with Crippen LogP contribution in [0.4, 0.5) is 5.69 Å². The highest BCUT2D eigenvalue weighted by Gasteiger charge is 2.18. The first-order chi connectivity index (χ1) is 12.1. The van der Waals surface area contributed by atoms with Gasteiger partial charge in [0.1, 0.15) is 0 Å². The van der Waals surface area contributed by atoms with Crippen molar-refractivity contribution >= 4 is 22.9 Å². The van der Waals surface area contributed by atoms with Crippen LogP contribution >= 0.6 is 11.3 Å². The van der Waals surface area contributed by atoms with E-state index in [9.17, 15) is 4.79 Å². The summed E-state index contributed by atoms with van der Waals surface area (Å²) in [6.07, 6.45) is 0.602. The lowest BCUT2D eigenvalue weighted by Gasteiger charge is -2.36. The summed E-state index contributed by atoms with van der Waals surface area (Å²) in [4.78, 5) is 19.0. The Bertz CT molecular complexity index is 678. The quantitative estimate of drug-likeness (QED) is 0.794. The fourth-order valence-corrected chi connectivity index (χ4v) is 3.90. The van der Waals surface area contributed by atoms with E-state index >= 15 is 0 Å². The second kappa shape index (κ2) is 8.50. The average Bonchev–Trinajstić information content (AvgIpc) is 3.13. The van der Waals surface area contributed by atoms with Crippen LogP contribution in [0, 0.1) is 6.92 Å². The fraction of sp³-hybridized carbons (Fsp3) is 0.450. The zero-order valence-electron chi connectivity index (χ0n) is 15.1. The van der Waals surface area contributed by atoms with Crippen LogP contribution in [-0.2, 0) is 11.3 Å². The number of aryl methyl sites for hydroxylation is 1. The van der Waals surface area contributed by atoms with Crippen LogP contribution in [0.2, 0.25) is 0 Å². The summed E-state index contributed by atoms with van der Waals surface area (Å²) in [5.41, 5.74) is 3.83. The molecule has 1 amide bonds. The molecule has 0 radical (unpaired) electrons. The number of anilines is 1. The maximum Gasteiger partial charge on any atom is 0.223 e. The second-order valence-corrected chi connectivity index (χ2v) is 7.58. The highest BCUT2D eigenvalue weighted by molar-refractivity contribution is 7.07. The third-order valence-corrected chi connectivity index (χ3v) is 5.54. The molecule has 25 heavy (non-hydrogen) atoms. The van der Waals surface area contributed by atoms with Crippen molar-refractivity contribution < 1.29 is 4.79 Å². The Morgan fingerprint density at radius 3 is 2.68 bits per heavy atom. The van der Waals surface area contributed by atoms with Crippen molar-refractivity contribution in [2.75, 3.05) is 44.7 Å². The van der Waals surface area contributed by atoms with Crippen molar-refractivity contribution in [1.82, 2.24) is 9.80 Å². The van der Waals surface area contributed by atoms with Gasteiger partial charge in [0.05, 0.1) is 0 Å². The van der Waals surface area contributed by atoms with Crippen LogP contribution in [0.1, 0.15) is 17.5 Å². The normalized spacial score (nSPS) is 15.4. The number of rotatable bonds is 6. The number of carbonyl (C=O) groups is 1.